The second-order valence-corrected chi connectivity index (χ2v) is 2.84. The minimum absolute atomic E-state index is 0.189. The van der Waals surface area contributed by atoms with Crippen molar-refractivity contribution in [2.24, 2.45) is 4.99 Å². The Kier molecular flexibility index (Phi) is 7.00. The van der Waals surface area contributed by atoms with Gasteiger partial charge in [0.15, 0.2) is 0 Å². The van der Waals surface area contributed by atoms with E-state index in [1.807, 2.05) is 6.92 Å². The number of hydrogen-bond acceptors (Lipinski definition) is 3. The number of ether oxygens (including phenoxy) is 1. The number of hydrogen-bond donors (Lipinski definition) is 1. The van der Waals surface area contributed by atoms with Gasteiger partial charge in [0.05, 0.1) is 12.1 Å². The van der Waals surface area contributed by atoms with Crippen molar-refractivity contribution in [1.82, 2.24) is 5.32 Å². The van der Waals surface area contributed by atoms with Crippen LogP contribution < -0.4 is 5.32 Å². The van der Waals surface area contributed by atoms with Crippen molar-refractivity contribution in [3.05, 3.63) is 0 Å². The largest absolute Gasteiger partial charge is 0.379 e. The summed E-state index contributed by atoms with van der Waals surface area (Å²) in [4.78, 5) is 3.94. The third-order valence-electron chi connectivity index (χ3n) is 1.98. The summed E-state index contributed by atoms with van der Waals surface area (Å²) < 4.78 is 5.28. The van der Waals surface area contributed by atoms with E-state index in [9.17, 15) is 0 Å². The molecular weight excluding hydrogens is 152 g/mol. The van der Waals surface area contributed by atoms with Gasteiger partial charge in [0, 0.05) is 7.11 Å². The van der Waals surface area contributed by atoms with Gasteiger partial charge < -0.3 is 10.1 Å². The molecule has 0 aromatic carbocycles. The van der Waals surface area contributed by atoms with Crippen LogP contribution in [0.1, 0.15) is 20.3 Å². The quantitative estimate of drug-likeness (QED) is 0.460. The van der Waals surface area contributed by atoms with Crippen LogP contribution in [0.25, 0.3) is 0 Å². The molecule has 0 aromatic heterocycles. The Morgan fingerprint density at radius 2 is 2.25 bits per heavy atom. The van der Waals surface area contributed by atoms with Gasteiger partial charge in [-0.15, -0.1) is 0 Å². The van der Waals surface area contributed by atoms with Crippen LogP contribution in [0.15, 0.2) is 4.99 Å². The monoisotopic (exact) mass is 172 g/mol. The van der Waals surface area contributed by atoms with Gasteiger partial charge in [-0.1, -0.05) is 6.92 Å². The fourth-order valence-electron chi connectivity index (χ4n) is 1.09. The molecule has 0 fully saturated rings. The fraction of sp³-hybridized carbons (Fsp3) is 0.889. The minimum Gasteiger partial charge on any atom is -0.379 e. The predicted molar refractivity (Wildman–Crippen MR) is 53.0 cm³/mol. The van der Waals surface area contributed by atoms with E-state index in [1.165, 1.54) is 0 Å². The maximum absolute atomic E-state index is 5.28. The lowest BCUT2D eigenvalue weighted by Crippen LogP contribution is -2.28. The Morgan fingerprint density at radius 1 is 1.58 bits per heavy atom. The molecule has 3 nitrogen and oxygen atoms in total. The van der Waals surface area contributed by atoms with E-state index in [0.717, 1.165) is 19.5 Å². The van der Waals surface area contributed by atoms with Crippen LogP contribution in [0.4, 0.5) is 0 Å². The van der Waals surface area contributed by atoms with Crippen LogP contribution in [0.2, 0.25) is 0 Å². The van der Waals surface area contributed by atoms with Crippen molar-refractivity contribution < 1.29 is 4.74 Å². The molecule has 0 amide bonds. The molecule has 0 radical (unpaired) electrons. The Labute approximate surface area is 75.2 Å². The molecule has 3 heteroatoms. The molecule has 0 saturated carbocycles. The zero-order chi connectivity index (χ0) is 9.40. The van der Waals surface area contributed by atoms with Crippen LogP contribution in [0.3, 0.4) is 0 Å². The molecule has 0 spiro atoms. The maximum Gasteiger partial charge on any atom is 0.0803 e. The summed E-state index contributed by atoms with van der Waals surface area (Å²) >= 11 is 0. The van der Waals surface area contributed by atoms with Crippen molar-refractivity contribution in [2.45, 2.75) is 32.4 Å². The lowest BCUT2D eigenvalue weighted by atomic mass is 10.1. The number of rotatable bonds is 7. The second-order valence-electron chi connectivity index (χ2n) is 2.84. The van der Waals surface area contributed by atoms with Gasteiger partial charge in [-0.05, 0) is 33.2 Å². The highest BCUT2D eigenvalue weighted by Gasteiger charge is 2.13. The molecule has 0 aliphatic rings. The van der Waals surface area contributed by atoms with Crippen molar-refractivity contribution in [1.29, 1.82) is 0 Å². The Bertz CT molecular complexity index is 117. The summed E-state index contributed by atoms with van der Waals surface area (Å²) in [5, 5.41) is 3.25. The molecule has 0 bridgehead atoms. The van der Waals surface area contributed by atoms with E-state index >= 15 is 0 Å². The summed E-state index contributed by atoms with van der Waals surface area (Å²) in [7, 11) is 1.72. The number of methoxy groups -OCH3 is 1. The first-order valence-corrected chi connectivity index (χ1v) is 4.45. The Morgan fingerprint density at radius 3 is 2.67 bits per heavy atom. The van der Waals surface area contributed by atoms with Gasteiger partial charge in [0.25, 0.3) is 0 Å². The van der Waals surface area contributed by atoms with Gasteiger partial charge in [-0.2, -0.15) is 0 Å². The summed E-state index contributed by atoms with van der Waals surface area (Å²) in [6.45, 7) is 9.61. The number of aliphatic imine (C=N–C) groups is 1. The van der Waals surface area contributed by atoms with E-state index in [0.29, 0.717) is 0 Å². The van der Waals surface area contributed by atoms with Crippen molar-refractivity contribution in [2.75, 3.05) is 20.2 Å². The van der Waals surface area contributed by atoms with Gasteiger partial charge in [0.2, 0.25) is 0 Å². The molecule has 2 unspecified atom stereocenters. The van der Waals surface area contributed by atoms with Gasteiger partial charge >= 0.3 is 0 Å². The molecule has 0 aromatic rings. The molecule has 0 heterocycles. The summed E-state index contributed by atoms with van der Waals surface area (Å²) in [6, 6.07) is 0.189. The number of nitrogens with zero attached hydrogens (tertiary/aromatic N) is 1. The van der Waals surface area contributed by atoms with Gasteiger partial charge in [-0.3, -0.25) is 4.99 Å². The van der Waals surface area contributed by atoms with Gasteiger partial charge in [-0.25, -0.2) is 0 Å². The normalized spacial score (nSPS) is 15.6. The van der Waals surface area contributed by atoms with Gasteiger partial charge in [0.1, 0.15) is 0 Å². The molecular formula is C9H20N2O. The summed E-state index contributed by atoms with van der Waals surface area (Å²) in [5.41, 5.74) is 0. The minimum atomic E-state index is 0.189. The maximum atomic E-state index is 5.28. The lowest BCUT2D eigenvalue weighted by Gasteiger charge is -2.18. The molecule has 1 N–H and O–H groups in total. The van der Waals surface area contributed by atoms with Crippen LogP contribution in [-0.2, 0) is 4.74 Å². The van der Waals surface area contributed by atoms with Crippen molar-refractivity contribution in [3.8, 4) is 0 Å². The Balaban J connectivity index is 3.59. The highest BCUT2D eigenvalue weighted by molar-refractivity contribution is 5.24. The molecule has 0 rings (SSSR count). The fourth-order valence-corrected chi connectivity index (χ4v) is 1.09. The zero-order valence-corrected chi connectivity index (χ0v) is 8.34. The third-order valence-corrected chi connectivity index (χ3v) is 1.98. The lowest BCUT2D eigenvalue weighted by molar-refractivity contribution is 0.0792. The molecule has 0 saturated heterocycles. The predicted octanol–water partition coefficient (Wildman–Crippen LogP) is 1.09. The first-order chi connectivity index (χ1) is 5.76. The first kappa shape index (κ1) is 11.6. The summed E-state index contributed by atoms with van der Waals surface area (Å²) in [6.07, 6.45) is 1.19. The number of nitrogens with one attached hydrogen (secondary N) is 1. The summed E-state index contributed by atoms with van der Waals surface area (Å²) in [5.74, 6) is 0. The van der Waals surface area contributed by atoms with E-state index in [4.69, 9.17) is 4.74 Å². The second kappa shape index (κ2) is 7.25. The average Bonchev–Trinajstić information content (AvgIpc) is 2.11. The molecule has 72 valence electrons. The molecule has 0 aliphatic heterocycles. The van der Waals surface area contributed by atoms with Crippen LogP contribution in [0, 0.1) is 0 Å². The first-order valence-electron chi connectivity index (χ1n) is 4.45. The smallest absolute Gasteiger partial charge is 0.0803 e. The van der Waals surface area contributed by atoms with Crippen LogP contribution in [0.5, 0.6) is 0 Å². The van der Waals surface area contributed by atoms with Crippen LogP contribution in [-0.4, -0.2) is 39.1 Å². The van der Waals surface area contributed by atoms with E-state index in [2.05, 4.69) is 24.0 Å². The standard InChI is InChI=1S/C9H20N2O/c1-5-11-7-6-9(12-4)8(2)10-3/h8-9,11H,3,5-7H2,1-2,4H3. The topological polar surface area (TPSA) is 33.6 Å². The molecule has 0 aliphatic carbocycles. The van der Waals surface area contributed by atoms with E-state index in [-0.39, 0.29) is 12.1 Å². The highest BCUT2D eigenvalue weighted by Crippen LogP contribution is 2.05. The highest BCUT2D eigenvalue weighted by atomic mass is 16.5. The zero-order valence-electron chi connectivity index (χ0n) is 8.34. The van der Waals surface area contributed by atoms with Crippen molar-refractivity contribution in [3.63, 3.8) is 0 Å². The molecule has 2 atom stereocenters. The third kappa shape index (κ3) is 4.46. The van der Waals surface area contributed by atoms with Crippen LogP contribution >= 0.6 is 0 Å². The van der Waals surface area contributed by atoms with Crippen molar-refractivity contribution >= 4 is 6.72 Å². The Hall–Kier alpha value is -0.410. The molecule has 12 heavy (non-hydrogen) atoms. The SMILES string of the molecule is C=NC(C)C(CCNCC)OC. The average molecular weight is 172 g/mol. The van der Waals surface area contributed by atoms with E-state index < -0.39 is 0 Å². The van der Waals surface area contributed by atoms with E-state index in [1.54, 1.807) is 7.11 Å².